The van der Waals surface area contributed by atoms with E-state index in [1.165, 1.54) is 36.4 Å². The summed E-state index contributed by atoms with van der Waals surface area (Å²) < 4.78 is 27.1. The van der Waals surface area contributed by atoms with Crippen LogP contribution in [-0.4, -0.2) is 11.1 Å². The van der Waals surface area contributed by atoms with Gasteiger partial charge in [-0.2, -0.15) is 0 Å². The summed E-state index contributed by atoms with van der Waals surface area (Å²) in [6, 6.07) is 9.80. The first-order chi connectivity index (χ1) is 9.08. The molecule has 2 aromatic rings. The van der Waals surface area contributed by atoms with Crippen molar-refractivity contribution in [3.63, 3.8) is 0 Å². The molecule has 0 amide bonds. The summed E-state index contributed by atoms with van der Waals surface area (Å²) in [5, 5.41) is 8.61. The lowest BCUT2D eigenvalue weighted by molar-refractivity contribution is -0.131. The first kappa shape index (κ1) is 13.0. The van der Waals surface area contributed by atoms with Crippen LogP contribution in [0.2, 0.25) is 0 Å². The molecule has 2 nitrogen and oxygen atoms in total. The lowest BCUT2D eigenvalue weighted by Crippen LogP contribution is -1.91. The highest BCUT2D eigenvalue weighted by Gasteiger charge is 2.09. The van der Waals surface area contributed by atoms with Crippen molar-refractivity contribution < 1.29 is 18.7 Å². The van der Waals surface area contributed by atoms with E-state index in [0.717, 1.165) is 6.08 Å². The van der Waals surface area contributed by atoms with Crippen molar-refractivity contribution in [2.24, 2.45) is 0 Å². The molecule has 4 heteroatoms. The molecular weight excluding hydrogens is 250 g/mol. The Kier molecular flexibility index (Phi) is 3.71. The van der Waals surface area contributed by atoms with Gasteiger partial charge in [0, 0.05) is 11.6 Å². The van der Waals surface area contributed by atoms with Crippen LogP contribution in [0.4, 0.5) is 8.78 Å². The molecule has 0 heterocycles. The maximum absolute atomic E-state index is 13.9. The van der Waals surface area contributed by atoms with Crippen LogP contribution in [0, 0.1) is 11.6 Å². The minimum absolute atomic E-state index is 0.180. The van der Waals surface area contributed by atoms with E-state index in [4.69, 9.17) is 5.11 Å². The van der Waals surface area contributed by atoms with E-state index in [1.54, 1.807) is 12.1 Å². The van der Waals surface area contributed by atoms with E-state index < -0.39 is 17.6 Å². The van der Waals surface area contributed by atoms with Crippen LogP contribution in [0.25, 0.3) is 17.2 Å². The quantitative estimate of drug-likeness (QED) is 0.854. The summed E-state index contributed by atoms with van der Waals surface area (Å²) in [6.45, 7) is 0. The van der Waals surface area contributed by atoms with Gasteiger partial charge >= 0.3 is 5.97 Å². The summed E-state index contributed by atoms with van der Waals surface area (Å²) in [6.07, 6.45) is 2.20. The first-order valence-electron chi connectivity index (χ1n) is 5.53. The number of carbonyl (C=O) groups is 1. The van der Waals surface area contributed by atoms with Gasteiger partial charge < -0.3 is 5.11 Å². The molecule has 0 saturated carbocycles. The highest BCUT2D eigenvalue weighted by atomic mass is 19.1. The monoisotopic (exact) mass is 260 g/mol. The Labute approximate surface area is 108 Å². The molecule has 2 rings (SSSR count). The molecule has 0 radical (unpaired) electrons. The lowest BCUT2D eigenvalue weighted by Gasteiger charge is -2.08. The van der Waals surface area contributed by atoms with Crippen LogP contribution >= 0.6 is 0 Å². The molecule has 0 fully saturated rings. The molecule has 0 aromatic heterocycles. The van der Waals surface area contributed by atoms with E-state index in [1.807, 2.05) is 0 Å². The second kappa shape index (κ2) is 5.44. The van der Waals surface area contributed by atoms with E-state index in [-0.39, 0.29) is 5.56 Å². The molecule has 0 aliphatic heterocycles. The van der Waals surface area contributed by atoms with E-state index >= 15 is 0 Å². The second-order valence-electron chi connectivity index (χ2n) is 3.89. The molecule has 0 saturated heterocycles. The fourth-order valence-corrected chi connectivity index (χ4v) is 1.79. The van der Waals surface area contributed by atoms with Gasteiger partial charge in [-0.25, -0.2) is 13.6 Å². The minimum atomic E-state index is -1.13. The maximum atomic E-state index is 13.9. The number of halogens is 2. The fraction of sp³-hybridized carbons (Fsp3) is 0. The molecule has 19 heavy (non-hydrogen) atoms. The third kappa shape index (κ3) is 3.04. The second-order valence-corrected chi connectivity index (χ2v) is 3.89. The predicted molar refractivity (Wildman–Crippen MR) is 68.5 cm³/mol. The largest absolute Gasteiger partial charge is 0.478 e. The Morgan fingerprint density at radius 2 is 1.84 bits per heavy atom. The highest BCUT2D eigenvalue weighted by Crippen LogP contribution is 2.28. The fourth-order valence-electron chi connectivity index (χ4n) is 1.79. The number of benzene rings is 2. The van der Waals surface area contributed by atoms with Crippen LogP contribution in [0.3, 0.4) is 0 Å². The average Bonchev–Trinajstić information content (AvgIpc) is 2.36. The predicted octanol–water partition coefficient (Wildman–Crippen LogP) is 3.73. The van der Waals surface area contributed by atoms with Crippen molar-refractivity contribution in [1.82, 2.24) is 0 Å². The zero-order chi connectivity index (χ0) is 13.8. The molecule has 2 aromatic carbocycles. The third-order valence-electron chi connectivity index (χ3n) is 2.56. The Morgan fingerprint density at radius 3 is 2.53 bits per heavy atom. The van der Waals surface area contributed by atoms with Crippen LogP contribution in [-0.2, 0) is 4.79 Å². The normalized spacial score (nSPS) is 10.8. The zero-order valence-electron chi connectivity index (χ0n) is 9.81. The zero-order valence-corrected chi connectivity index (χ0v) is 9.81. The highest BCUT2D eigenvalue weighted by molar-refractivity contribution is 5.88. The number of aliphatic carboxylic acids is 1. The number of rotatable bonds is 3. The van der Waals surface area contributed by atoms with Crippen molar-refractivity contribution in [2.45, 2.75) is 0 Å². The number of carboxylic acids is 1. The van der Waals surface area contributed by atoms with Gasteiger partial charge in [-0.1, -0.05) is 24.3 Å². The van der Waals surface area contributed by atoms with Crippen molar-refractivity contribution in [3.05, 3.63) is 65.7 Å². The topological polar surface area (TPSA) is 37.3 Å². The van der Waals surface area contributed by atoms with Gasteiger partial charge in [0.15, 0.2) is 0 Å². The first-order valence-corrected chi connectivity index (χ1v) is 5.53. The van der Waals surface area contributed by atoms with E-state index in [9.17, 15) is 13.6 Å². The summed E-state index contributed by atoms with van der Waals surface area (Å²) in [4.78, 5) is 10.5. The SMILES string of the molecule is O=C(O)C=Cc1cccc(F)c1-c1cccc(F)c1. The van der Waals surface area contributed by atoms with Gasteiger partial charge in [-0.3, -0.25) is 0 Å². The summed E-state index contributed by atoms with van der Waals surface area (Å²) in [5.74, 6) is -2.14. The molecule has 0 aliphatic rings. The standard InChI is InChI=1S/C15H10F2O2/c16-12-5-1-4-11(9-12)15-10(7-8-14(18)19)3-2-6-13(15)17/h1-9H,(H,18,19). The smallest absolute Gasteiger partial charge is 0.328 e. The van der Waals surface area contributed by atoms with Crippen molar-refractivity contribution in [3.8, 4) is 11.1 Å². The van der Waals surface area contributed by atoms with Crippen molar-refractivity contribution in [2.75, 3.05) is 0 Å². The summed E-state index contributed by atoms with van der Waals surface area (Å²) >= 11 is 0. The molecule has 96 valence electrons. The Balaban J connectivity index is 2.58. The van der Waals surface area contributed by atoms with Gasteiger partial charge in [0.1, 0.15) is 11.6 Å². The Hall–Kier alpha value is -2.49. The Morgan fingerprint density at radius 1 is 1.11 bits per heavy atom. The molecule has 0 unspecified atom stereocenters. The van der Waals surface area contributed by atoms with Crippen LogP contribution in [0.15, 0.2) is 48.5 Å². The van der Waals surface area contributed by atoms with Crippen LogP contribution in [0.5, 0.6) is 0 Å². The minimum Gasteiger partial charge on any atom is -0.478 e. The maximum Gasteiger partial charge on any atom is 0.328 e. The number of hydrogen-bond acceptors (Lipinski definition) is 1. The molecule has 0 atom stereocenters. The van der Waals surface area contributed by atoms with Gasteiger partial charge in [-0.15, -0.1) is 0 Å². The molecule has 1 N–H and O–H groups in total. The van der Waals surface area contributed by atoms with E-state index in [2.05, 4.69) is 0 Å². The number of carboxylic acid groups (broad SMARTS) is 1. The summed E-state index contributed by atoms with van der Waals surface area (Å²) in [5.41, 5.74) is 0.927. The van der Waals surface area contributed by atoms with Gasteiger partial charge in [0.25, 0.3) is 0 Å². The summed E-state index contributed by atoms with van der Waals surface area (Å²) in [7, 11) is 0. The van der Waals surface area contributed by atoms with Crippen LogP contribution in [0.1, 0.15) is 5.56 Å². The molecular formula is C15H10F2O2. The molecule has 0 spiro atoms. The van der Waals surface area contributed by atoms with Gasteiger partial charge in [0.2, 0.25) is 0 Å². The van der Waals surface area contributed by atoms with Crippen molar-refractivity contribution >= 4 is 12.0 Å². The van der Waals surface area contributed by atoms with Crippen LogP contribution < -0.4 is 0 Å². The third-order valence-corrected chi connectivity index (χ3v) is 2.56. The van der Waals surface area contributed by atoms with E-state index in [0.29, 0.717) is 11.1 Å². The molecule has 0 bridgehead atoms. The average molecular weight is 260 g/mol. The van der Waals surface area contributed by atoms with Crippen molar-refractivity contribution in [1.29, 1.82) is 0 Å². The Bertz CT molecular complexity index is 648. The lowest BCUT2D eigenvalue weighted by atomic mass is 9.98. The van der Waals surface area contributed by atoms with Gasteiger partial charge in [-0.05, 0) is 35.4 Å². The van der Waals surface area contributed by atoms with Gasteiger partial charge in [0.05, 0.1) is 0 Å². The number of hydrogen-bond donors (Lipinski definition) is 1. The molecule has 0 aliphatic carbocycles.